The molecule has 2 N–H and O–H groups in total. The number of amides is 2. The second kappa shape index (κ2) is 13.8. The smallest absolute Gasteiger partial charge is 0.410 e. The first-order chi connectivity index (χ1) is 22.8. The van der Waals surface area contributed by atoms with Gasteiger partial charge in [-0.1, -0.05) is 72.3 Å². The van der Waals surface area contributed by atoms with E-state index in [0.29, 0.717) is 5.56 Å². The highest BCUT2D eigenvalue weighted by Crippen LogP contribution is 2.57. The quantitative estimate of drug-likeness (QED) is 0.183. The van der Waals surface area contributed by atoms with Gasteiger partial charge in [0.1, 0.15) is 17.2 Å². The van der Waals surface area contributed by atoms with Gasteiger partial charge in [-0.15, -0.1) is 0 Å². The minimum atomic E-state index is -1.43. The first kappa shape index (κ1) is 34.7. The van der Waals surface area contributed by atoms with Crippen molar-refractivity contribution in [2.75, 3.05) is 27.3 Å². The molecule has 0 fully saturated rings. The van der Waals surface area contributed by atoms with Gasteiger partial charge in [0.05, 0.1) is 43.4 Å². The highest BCUT2D eigenvalue weighted by Gasteiger charge is 2.53. The van der Waals surface area contributed by atoms with Gasteiger partial charge in [0.2, 0.25) is 5.91 Å². The van der Waals surface area contributed by atoms with Crippen molar-refractivity contribution in [1.82, 2.24) is 4.90 Å². The van der Waals surface area contributed by atoms with Gasteiger partial charge in [-0.25, -0.2) is 13.6 Å². The zero-order valence-corrected chi connectivity index (χ0v) is 28.1. The fraction of sp³-hybridized carbons (Fsp3) is 0.297. The lowest BCUT2D eigenvalue weighted by Gasteiger charge is -2.38. The van der Waals surface area contributed by atoms with Crippen molar-refractivity contribution in [3.05, 3.63) is 118 Å². The number of fused-ring (bicyclic) bond motifs is 1. The maximum absolute atomic E-state index is 16.3. The molecule has 0 spiro atoms. The summed E-state index contributed by atoms with van der Waals surface area (Å²) in [6.07, 6.45) is -0.624. The molecule has 2 amide bonds. The van der Waals surface area contributed by atoms with Crippen LogP contribution in [-0.2, 0) is 21.7 Å². The van der Waals surface area contributed by atoms with Gasteiger partial charge in [0, 0.05) is 29.8 Å². The Morgan fingerprint density at radius 2 is 1.65 bits per heavy atom. The Morgan fingerprint density at radius 3 is 2.25 bits per heavy atom. The molecule has 11 heteroatoms. The Kier molecular flexibility index (Phi) is 9.98. The maximum Gasteiger partial charge on any atom is 0.410 e. The van der Waals surface area contributed by atoms with Crippen LogP contribution in [0.5, 0.6) is 11.5 Å². The minimum Gasteiger partial charge on any atom is -0.494 e. The lowest BCUT2D eigenvalue weighted by molar-refractivity contribution is -0.0200. The summed E-state index contributed by atoms with van der Waals surface area (Å²) >= 11 is 6.70. The van der Waals surface area contributed by atoms with Crippen molar-refractivity contribution in [3.8, 4) is 22.6 Å². The maximum atomic E-state index is 16.3. The Labute approximate surface area is 283 Å². The Hall–Kier alpha value is -4.67. The summed E-state index contributed by atoms with van der Waals surface area (Å²) in [4.78, 5) is 27.4. The van der Waals surface area contributed by atoms with Gasteiger partial charge < -0.3 is 29.6 Å². The van der Waals surface area contributed by atoms with Gasteiger partial charge in [-0.3, -0.25) is 4.79 Å². The molecule has 5 rings (SSSR count). The Balaban J connectivity index is 1.77. The van der Waals surface area contributed by atoms with E-state index in [2.05, 4.69) is 0 Å². The summed E-state index contributed by atoms with van der Waals surface area (Å²) in [5.41, 5.74) is 4.56. The van der Waals surface area contributed by atoms with Crippen LogP contribution in [0.4, 0.5) is 13.6 Å². The van der Waals surface area contributed by atoms with Crippen molar-refractivity contribution >= 4 is 23.6 Å². The summed E-state index contributed by atoms with van der Waals surface area (Å²) in [5, 5.41) is -0.454. The number of hydrogen-bond donors (Lipinski definition) is 1. The number of carbonyl (C=O) groups is 2. The number of carbonyl (C=O) groups excluding carboxylic acids is 2. The third kappa shape index (κ3) is 6.81. The molecule has 2 unspecified atom stereocenters. The fourth-order valence-electron chi connectivity index (χ4n) is 6.01. The fourth-order valence-corrected chi connectivity index (χ4v) is 6.27. The van der Waals surface area contributed by atoms with Crippen LogP contribution in [0.3, 0.4) is 0 Å². The molecule has 2 atom stereocenters. The molecule has 0 radical (unpaired) electrons. The molecule has 4 aromatic rings. The van der Waals surface area contributed by atoms with E-state index in [0.717, 1.165) is 11.6 Å². The molecule has 8 nitrogen and oxygen atoms in total. The SMILES string of the molecule is COc1ccc(C(N)=O)c(-c2c(Cl)c(F)cc3c2C(COCc2ccccc2)C(CN(C)C(=O)OC(C)(C)C)(c2ccccc2)O3)c1F. The molecule has 4 aromatic carbocycles. The van der Waals surface area contributed by atoms with Crippen LogP contribution < -0.4 is 15.2 Å². The predicted octanol–water partition coefficient (Wildman–Crippen LogP) is 7.85. The third-order valence-corrected chi connectivity index (χ3v) is 8.47. The van der Waals surface area contributed by atoms with E-state index in [1.165, 1.54) is 24.1 Å². The number of nitrogens with zero attached hydrogens (tertiary/aromatic N) is 1. The molecule has 0 saturated heterocycles. The van der Waals surface area contributed by atoms with E-state index in [4.69, 9.17) is 36.3 Å². The number of halogens is 3. The normalized spacial score (nSPS) is 17.0. The van der Waals surface area contributed by atoms with E-state index < -0.39 is 45.8 Å². The lowest BCUT2D eigenvalue weighted by Crippen LogP contribution is -2.49. The monoisotopic (exact) mass is 678 g/mol. The highest BCUT2D eigenvalue weighted by molar-refractivity contribution is 6.34. The zero-order chi connectivity index (χ0) is 34.8. The molecule has 48 heavy (non-hydrogen) atoms. The van der Waals surface area contributed by atoms with Crippen LogP contribution >= 0.6 is 11.6 Å². The largest absolute Gasteiger partial charge is 0.494 e. The summed E-state index contributed by atoms with van der Waals surface area (Å²) in [5.74, 6) is -3.87. The van der Waals surface area contributed by atoms with Crippen LogP contribution in [0, 0.1) is 11.6 Å². The van der Waals surface area contributed by atoms with Gasteiger partial charge in [0.25, 0.3) is 0 Å². The Morgan fingerprint density at radius 1 is 1.00 bits per heavy atom. The number of ether oxygens (including phenoxy) is 4. The predicted molar refractivity (Wildman–Crippen MR) is 178 cm³/mol. The van der Waals surface area contributed by atoms with E-state index >= 15 is 8.78 Å². The third-order valence-electron chi connectivity index (χ3n) is 8.10. The first-order valence-electron chi connectivity index (χ1n) is 15.3. The van der Waals surface area contributed by atoms with Gasteiger partial charge >= 0.3 is 6.09 Å². The number of rotatable bonds is 10. The molecular weight excluding hydrogens is 642 g/mol. The Bertz CT molecular complexity index is 1820. The number of nitrogens with two attached hydrogens (primary N) is 1. The molecule has 0 saturated carbocycles. The first-order valence-corrected chi connectivity index (χ1v) is 15.6. The van der Waals surface area contributed by atoms with Crippen molar-refractivity contribution in [2.45, 2.75) is 44.5 Å². The summed E-state index contributed by atoms with van der Waals surface area (Å²) in [6.45, 7) is 5.31. The molecule has 1 heterocycles. The minimum absolute atomic E-state index is 0.0271. The second-order valence-corrected chi connectivity index (χ2v) is 13.0. The molecule has 252 valence electrons. The molecule has 1 aliphatic rings. The number of likely N-dealkylation sites (N-methyl/N-ethyl adjacent to an activating group) is 1. The average molecular weight is 679 g/mol. The number of hydrogen-bond acceptors (Lipinski definition) is 6. The summed E-state index contributed by atoms with van der Waals surface area (Å²) in [6, 6.07) is 22.2. The summed E-state index contributed by atoms with van der Waals surface area (Å²) < 4.78 is 56.0. The van der Waals surface area contributed by atoms with Crippen LogP contribution in [0.25, 0.3) is 11.1 Å². The van der Waals surface area contributed by atoms with E-state index in [1.54, 1.807) is 40.0 Å². The number of methoxy groups -OCH3 is 1. The summed E-state index contributed by atoms with van der Waals surface area (Å²) in [7, 11) is 2.83. The van der Waals surface area contributed by atoms with Crippen molar-refractivity contribution in [3.63, 3.8) is 0 Å². The second-order valence-electron chi connectivity index (χ2n) is 12.6. The number of primary amides is 1. The topological polar surface area (TPSA) is 100 Å². The molecular formula is C37H37ClF2N2O6. The molecule has 0 bridgehead atoms. The highest BCUT2D eigenvalue weighted by atomic mass is 35.5. The number of benzene rings is 4. The molecule has 1 aliphatic heterocycles. The average Bonchev–Trinajstić information content (AvgIpc) is 3.34. The zero-order valence-electron chi connectivity index (χ0n) is 27.3. The molecule has 0 aromatic heterocycles. The van der Waals surface area contributed by atoms with E-state index in [-0.39, 0.29) is 53.5 Å². The van der Waals surface area contributed by atoms with Crippen LogP contribution in [0.15, 0.2) is 78.9 Å². The van der Waals surface area contributed by atoms with Gasteiger partial charge in [-0.05, 0) is 44.0 Å². The van der Waals surface area contributed by atoms with Gasteiger partial charge in [-0.2, -0.15) is 0 Å². The molecule has 0 aliphatic carbocycles. The van der Waals surface area contributed by atoms with Crippen molar-refractivity contribution in [1.29, 1.82) is 0 Å². The standard InChI is InChI=1S/C37H37ClF2N2O6/c1-36(2,3)48-35(44)42(4)21-37(23-14-10-7-11-15-23)25(20-46-19-22-12-8-6-9-13-22)30-28(47-37)18-26(39)32(38)31(30)29-24(34(41)43)16-17-27(45-5)33(29)40/h6-18,25H,19-21H2,1-5H3,(H2,41,43). The van der Waals surface area contributed by atoms with Crippen LogP contribution in [-0.4, -0.2) is 49.8 Å². The van der Waals surface area contributed by atoms with Crippen molar-refractivity contribution < 1.29 is 37.3 Å². The van der Waals surface area contributed by atoms with Gasteiger partial charge in [0.15, 0.2) is 17.2 Å². The lowest BCUT2D eigenvalue weighted by atomic mass is 9.76. The van der Waals surface area contributed by atoms with E-state index in [1.807, 2.05) is 48.5 Å². The van der Waals surface area contributed by atoms with Crippen molar-refractivity contribution in [2.24, 2.45) is 5.73 Å². The van der Waals surface area contributed by atoms with Crippen LogP contribution in [0.2, 0.25) is 5.02 Å². The van der Waals surface area contributed by atoms with Crippen LogP contribution in [0.1, 0.15) is 53.7 Å². The van der Waals surface area contributed by atoms with E-state index in [9.17, 15) is 9.59 Å².